The highest BCUT2D eigenvalue weighted by Gasteiger charge is 2.11. The quantitative estimate of drug-likeness (QED) is 0.603. The van der Waals surface area contributed by atoms with E-state index in [1.165, 1.54) is 6.07 Å². The fourth-order valence-corrected chi connectivity index (χ4v) is 2.77. The van der Waals surface area contributed by atoms with Gasteiger partial charge in [-0.15, -0.1) is 0 Å². The summed E-state index contributed by atoms with van der Waals surface area (Å²) in [6, 6.07) is 15.5. The average Bonchev–Trinajstić information content (AvgIpc) is 2.70. The highest BCUT2D eigenvalue weighted by Crippen LogP contribution is 2.18. The summed E-state index contributed by atoms with van der Waals surface area (Å²) in [5.74, 6) is 0.495. The molecule has 29 heavy (non-hydrogen) atoms. The van der Waals surface area contributed by atoms with Gasteiger partial charge in [-0.1, -0.05) is 18.2 Å². The summed E-state index contributed by atoms with van der Waals surface area (Å²) < 4.78 is 19.1. The fourth-order valence-electron chi connectivity index (χ4n) is 2.77. The highest BCUT2D eigenvalue weighted by molar-refractivity contribution is 5.92. The number of aromatic nitrogens is 2. The third kappa shape index (κ3) is 5.75. The molecule has 7 heteroatoms. The molecule has 0 bridgehead atoms. The number of carbonyl (C=O) groups is 1. The van der Waals surface area contributed by atoms with Crippen molar-refractivity contribution in [1.29, 1.82) is 0 Å². The predicted molar refractivity (Wildman–Crippen MR) is 110 cm³/mol. The van der Waals surface area contributed by atoms with Gasteiger partial charge in [0.2, 0.25) is 5.95 Å². The van der Waals surface area contributed by atoms with Crippen molar-refractivity contribution in [2.75, 3.05) is 18.5 Å². The molecule has 0 aliphatic rings. The number of carbonyl (C=O) groups excluding carboxylic acids is 1. The van der Waals surface area contributed by atoms with Gasteiger partial charge in [-0.2, -0.15) is 0 Å². The third-order valence-electron chi connectivity index (χ3n) is 4.15. The van der Waals surface area contributed by atoms with Crippen molar-refractivity contribution in [3.05, 3.63) is 77.4 Å². The average molecular weight is 394 g/mol. The molecular formula is C22H23FN4O2. The number of aryl methyl sites for hydroxylation is 1. The van der Waals surface area contributed by atoms with E-state index in [1.54, 1.807) is 31.2 Å². The van der Waals surface area contributed by atoms with Crippen molar-refractivity contribution in [3.63, 3.8) is 0 Å². The normalized spacial score (nSPS) is 10.4. The summed E-state index contributed by atoms with van der Waals surface area (Å²) in [4.78, 5) is 21.1. The van der Waals surface area contributed by atoms with E-state index in [0.29, 0.717) is 36.8 Å². The number of nitrogens with one attached hydrogen (secondary N) is 2. The van der Waals surface area contributed by atoms with Gasteiger partial charge in [0, 0.05) is 17.9 Å². The number of halogens is 1. The summed E-state index contributed by atoms with van der Waals surface area (Å²) >= 11 is 0. The molecule has 0 atom stereocenters. The van der Waals surface area contributed by atoms with Crippen LogP contribution in [0.4, 0.5) is 16.0 Å². The minimum absolute atomic E-state index is 0.250. The van der Waals surface area contributed by atoms with Crippen molar-refractivity contribution in [2.45, 2.75) is 20.3 Å². The Labute approximate surface area is 169 Å². The second-order valence-corrected chi connectivity index (χ2v) is 6.40. The molecule has 0 unspecified atom stereocenters. The first-order valence-corrected chi connectivity index (χ1v) is 9.42. The number of benzene rings is 2. The molecule has 0 aliphatic carbocycles. The molecule has 3 rings (SSSR count). The summed E-state index contributed by atoms with van der Waals surface area (Å²) in [7, 11) is 0. The van der Waals surface area contributed by atoms with Crippen LogP contribution in [-0.4, -0.2) is 29.0 Å². The van der Waals surface area contributed by atoms with Crippen LogP contribution in [0.15, 0.2) is 54.6 Å². The third-order valence-corrected chi connectivity index (χ3v) is 4.15. The largest absolute Gasteiger partial charge is 0.494 e. The summed E-state index contributed by atoms with van der Waals surface area (Å²) in [6.45, 7) is 4.63. The number of ether oxygens (including phenoxy) is 1. The molecule has 0 fully saturated rings. The minimum atomic E-state index is -0.332. The Hall–Kier alpha value is -3.48. The molecule has 1 aromatic heterocycles. The number of rotatable bonds is 8. The van der Waals surface area contributed by atoms with Crippen molar-refractivity contribution >= 4 is 17.5 Å². The lowest BCUT2D eigenvalue weighted by atomic mass is 10.1. The first kappa shape index (κ1) is 20.3. The zero-order chi connectivity index (χ0) is 20.6. The van der Waals surface area contributed by atoms with Crippen LogP contribution in [0.2, 0.25) is 0 Å². The van der Waals surface area contributed by atoms with Crippen LogP contribution in [0.25, 0.3) is 0 Å². The van der Waals surface area contributed by atoms with Crippen molar-refractivity contribution < 1.29 is 13.9 Å². The number of hydrogen-bond donors (Lipinski definition) is 2. The Morgan fingerprint density at radius 3 is 2.59 bits per heavy atom. The molecule has 2 aromatic carbocycles. The van der Waals surface area contributed by atoms with E-state index in [9.17, 15) is 9.18 Å². The molecule has 150 valence electrons. The summed E-state index contributed by atoms with van der Waals surface area (Å²) in [5, 5.41) is 5.87. The molecule has 1 amide bonds. The monoisotopic (exact) mass is 394 g/mol. The topological polar surface area (TPSA) is 76.1 Å². The second-order valence-electron chi connectivity index (χ2n) is 6.40. The van der Waals surface area contributed by atoms with E-state index < -0.39 is 0 Å². The zero-order valence-corrected chi connectivity index (χ0v) is 16.4. The van der Waals surface area contributed by atoms with Crippen LogP contribution in [0.5, 0.6) is 5.75 Å². The van der Waals surface area contributed by atoms with Crippen LogP contribution in [0.3, 0.4) is 0 Å². The van der Waals surface area contributed by atoms with Gasteiger partial charge in [-0.3, -0.25) is 4.79 Å². The number of nitrogens with zero attached hydrogens (tertiary/aromatic N) is 2. The second kappa shape index (κ2) is 9.64. The highest BCUT2D eigenvalue weighted by atomic mass is 19.1. The molecule has 3 aromatic rings. The summed E-state index contributed by atoms with van der Waals surface area (Å²) in [5.41, 5.74) is 2.25. The minimum Gasteiger partial charge on any atom is -0.494 e. The number of amides is 1. The molecule has 0 radical (unpaired) electrons. The van der Waals surface area contributed by atoms with Gasteiger partial charge in [0.1, 0.15) is 17.3 Å². The molecule has 2 N–H and O–H groups in total. The van der Waals surface area contributed by atoms with Crippen molar-refractivity contribution in [1.82, 2.24) is 15.3 Å². The SMILES string of the molecule is CCOc1ccc(Nc2nc(C)cc(C(=O)NCCc3ccccc3F)n2)cc1. The molecule has 0 spiro atoms. The van der Waals surface area contributed by atoms with E-state index in [4.69, 9.17) is 4.74 Å². The van der Waals surface area contributed by atoms with E-state index >= 15 is 0 Å². The molecule has 6 nitrogen and oxygen atoms in total. The van der Waals surface area contributed by atoms with Gasteiger partial charge in [0.25, 0.3) is 5.91 Å². The Morgan fingerprint density at radius 1 is 1.10 bits per heavy atom. The first-order chi connectivity index (χ1) is 14.0. The van der Waals surface area contributed by atoms with Crippen molar-refractivity contribution in [3.8, 4) is 5.75 Å². The van der Waals surface area contributed by atoms with Gasteiger partial charge in [-0.25, -0.2) is 14.4 Å². The smallest absolute Gasteiger partial charge is 0.270 e. The lowest BCUT2D eigenvalue weighted by molar-refractivity contribution is 0.0949. The van der Waals surface area contributed by atoms with E-state index in [2.05, 4.69) is 20.6 Å². The maximum atomic E-state index is 13.7. The van der Waals surface area contributed by atoms with E-state index in [0.717, 1.165) is 11.4 Å². The lowest BCUT2D eigenvalue weighted by Crippen LogP contribution is -2.27. The predicted octanol–water partition coefficient (Wildman–Crippen LogP) is 4.04. The molecule has 0 saturated heterocycles. The Bertz CT molecular complexity index is 977. The van der Waals surface area contributed by atoms with Crippen LogP contribution < -0.4 is 15.4 Å². The van der Waals surface area contributed by atoms with Gasteiger partial charge in [0.05, 0.1) is 6.61 Å². The maximum absolute atomic E-state index is 13.7. The standard InChI is InChI=1S/C22H23FN4O2/c1-3-29-18-10-8-17(9-11-18)26-22-25-15(2)14-20(27-22)21(28)24-13-12-16-6-4-5-7-19(16)23/h4-11,14H,3,12-13H2,1-2H3,(H,24,28)(H,25,26,27). The maximum Gasteiger partial charge on any atom is 0.270 e. The Balaban J connectivity index is 1.63. The summed E-state index contributed by atoms with van der Waals surface area (Å²) in [6.07, 6.45) is 0.403. The fraction of sp³-hybridized carbons (Fsp3) is 0.227. The van der Waals surface area contributed by atoms with E-state index in [-0.39, 0.29) is 17.4 Å². The van der Waals surface area contributed by atoms with Gasteiger partial charge >= 0.3 is 0 Å². The molecular weight excluding hydrogens is 371 g/mol. The van der Waals surface area contributed by atoms with Gasteiger partial charge in [-0.05, 0) is 62.2 Å². The van der Waals surface area contributed by atoms with E-state index in [1.807, 2.05) is 31.2 Å². The molecule has 0 aliphatic heterocycles. The number of anilines is 2. The van der Waals surface area contributed by atoms with Gasteiger partial charge < -0.3 is 15.4 Å². The lowest BCUT2D eigenvalue weighted by Gasteiger charge is -2.10. The molecule has 1 heterocycles. The molecule has 0 saturated carbocycles. The Kier molecular flexibility index (Phi) is 6.73. The Morgan fingerprint density at radius 2 is 1.86 bits per heavy atom. The van der Waals surface area contributed by atoms with Crippen LogP contribution >= 0.6 is 0 Å². The van der Waals surface area contributed by atoms with Crippen molar-refractivity contribution in [2.24, 2.45) is 0 Å². The van der Waals surface area contributed by atoms with Gasteiger partial charge in [0.15, 0.2) is 0 Å². The number of hydrogen-bond acceptors (Lipinski definition) is 5. The van der Waals surface area contributed by atoms with Crippen LogP contribution in [0, 0.1) is 12.7 Å². The first-order valence-electron chi connectivity index (χ1n) is 9.42. The zero-order valence-electron chi connectivity index (χ0n) is 16.4. The van der Waals surface area contributed by atoms with Crippen LogP contribution in [-0.2, 0) is 6.42 Å². The van der Waals surface area contributed by atoms with Crippen LogP contribution in [0.1, 0.15) is 28.7 Å².